The summed E-state index contributed by atoms with van der Waals surface area (Å²) in [6, 6.07) is 11.4. The van der Waals surface area contributed by atoms with E-state index in [1.807, 2.05) is 30.3 Å². The summed E-state index contributed by atoms with van der Waals surface area (Å²) in [5.74, 6) is 0.646. The second kappa shape index (κ2) is 10.3. The standard InChI is InChI=1S/C19H25N3O3/c1-24-12-4-10-20-16-7-8-18(22-14-16)19(23)21-11-9-15-5-3-6-17(13-15)25-2/h3,5-8,13-14,20H,4,9-12H2,1-2H3,(H,21,23). The molecule has 1 aromatic heterocycles. The molecule has 0 aliphatic carbocycles. The van der Waals surface area contributed by atoms with Crippen LogP contribution in [0.15, 0.2) is 42.6 Å². The Morgan fingerprint density at radius 2 is 2.04 bits per heavy atom. The van der Waals surface area contributed by atoms with Crippen molar-refractivity contribution in [2.24, 2.45) is 0 Å². The minimum Gasteiger partial charge on any atom is -0.497 e. The second-order valence-corrected chi connectivity index (χ2v) is 5.56. The van der Waals surface area contributed by atoms with Crippen LogP contribution in [0, 0.1) is 0 Å². The first kappa shape index (κ1) is 18.7. The Bertz CT molecular complexity index is 659. The maximum atomic E-state index is 12.1. The van der Waals surface area contributed by atoms with Crippen molar-refractivity contribution in [2.75, 3.05) is 39.2 Å². The van der Waals surface area contributed by atoms with Crippen molar-refractivity contribution in [1.82, 2.24) is 10.3 Å². The minimum absolute atomic E-state index is 0.172. The third-order valence-corrected chi connectivity index (χ3v) is 3.68. The summed E-state index contributed by atoms with van der Waals surface area (Å²) in [7, 11) is 3.33. The van der Waals surface area contributed by atoms with Crippen LogP contribution in [0.1, 0.15) is 22.5 Å². The number of ether oxygens (including phenoxy) is 2. The average molecular weight is 343 g/mol. The van der Waals surface area contributed by atoms with E-state index in [-0.39, 0.29) is 5.91 Å². The molecule has 1 amide bonds. The zero-order valence-electron chi connectivity index (χ0n) is 14.7. The van der Waals surface area contributed by atoms with Gasteiger partial charge in [0.2, 0.25) is 0 Å². The highest BCUT2D eigenvalue weighted by molar-refractivity contribution is 5.92. The number of carbonyl (C=O) groups excluding carboxylic acids is 1. The number of nitrogens with zero attached hydrogens (tertiary/aromatic N) is 1. The Morgan fingerprint density at radius 1 is 1.16 bits per heavy atom. The van der Waals surface area contributed by atoms with E-state index in [9.17, 15) is 4.79 Å². The predicted molar refractivity (Wildman–Crippen MR) is 98.3 cm³/mol. The lowest BCUT2D eigenvalue weighted by molar-refractivity contribution is 0.0949. The summed E-state index contributed by atoms with van der Waals surface area (Å²) < 4.78 is 10.2. The van der Waals surface area contributed by atoms with Crippen molar-refractivity contribution >= 4 is 11.6 Å². The van der Waals surface area contributed by atoms with Crippen molar-refractivity contribution in [3.63, 3.8) is 0 Å². The van der Waals surface area contributed by atoms with Crippen LogP contribution in [0.4, 0.5) is 5.69 Å². The Labute approximate surface area is 148 Å². The van der Waals surface area contributed by atoms with E-state index in [0.717, 1.165) is 36.4 Å². The summed E-state index contributed by atoms with van der Waals surface area (Å²) in [6.45, 7) is 2.07. The highest BCUT2D eigenvalue weighted by Crippen LogP contribution is 2.12. The van der Waals surface area contributed by atoms with Gasteiger partial charge in [-0.25, -0.2) is 4.98 Å². The molecule has 0 aliphatic rings. The lowest BCUT2D eigenvalue weighted by Crippen LogP contribution is -2.26. The summed E-state index contributed by atoms with van der Waals surface area (Å²) in [4.78, 5) is 16.3. The van der Waals surface area contributed by atoms with E-state index in [2.05, 4.69) is 15.6 Å². The first-order valence-electron chi connectivity index (χ1n) is 8.33. The zero-order chi connectivity index (χ0) is 17.9. The summed E-state index contributed by atoms with van der Waals surface area (Å²) in [5.41, 5.74) is 2.42. The number of aromatic nitrogens is 1. The SMILES string of the molecule is COCCCNc1ccc(C(=O)NCCc2cccc(OC)c2)nc1. The highest BCUT2D eigenvalue weighted by atomic mass is 16.5. The summed E-state index contributed by atoms with van der Waals surface area (Å²) in [6.07, 6.45) is 3.33. The van der Waals surface area contributed by atoms with Crippen LogP contribution in [0.3, 0.4) is 0 Å². The molecular formula is C19H25N3O3. The largest absolute Gasteiger partial charge is 0.497 e. The fourth-order valence-electron chi connectivity index (χ4n) is 2.32. The second-order valence-electron chi connectivity index (χ2n) is 5.56. The molecule has 0 spiro atoms. The third kappa shape index (κ3) is 6.43. The van der Waals surface area contributed by atoms with Crippen molar-refractivity contribution < 1.29 is 14.3 Å². The van der Waals surface area contributed by atoms with Gasteiger partial charge in [0.1, 0.15) is 11.4 Å². The molecule has 6 heteroatoms. The van der Waals surface area contributed by atoms with E-state index in [0.29, 0.717) is 18.8 Å². The summed E-state index contributed by atoms with van der Waals surface area (Å²) in [5, 5.41) is 6.12. The van der Waals surface area contributed by atoms with Crippen LogP contribution >= 0.6 is 0 Å². The van der Waals surface area contributed by atoms with Crippen molar-refractivity contribution in [2.45, 2.75) is 12.8 Å². The minimum atomic E-state index is -0.172. The number of carbonyl (C=O) groups is 1. The van der Waals surface area contributed by atoms with E-state index < -0.39 is 0 Å². The van der Waals surface area contributed by atoms with Gasteiger partial charge in [-0.05, 0) is 42.7 Å². The maximum absolute atomic E-state index is 12.1. The van der Waals surface area contributed by atoms with Gasteiger partial charge in [0.05, 0.1) is 19.0 Å². The number of benzene rings is 1. The zero-order valence-corrected chi connectivity index (χ0v) is 14.7. The molecule has 0 bridgehead atoms. The number of anilines is 1. The molecule has 25 heavy (non-hydrogen) atoms. The van der Waals surface area contributed by atoms with E-state index in [1.54, 1.807) is 26.5 Å². The normalized spacial score (nSPS) is 10.3. The van der Waals surface area contributed by atoms with Crippen molar-refractivity contribution in [3.8, 4) is 5.75 Å². The molecule has 1 aromatic carbocycles. The molecule has 6 nitrogen and oxygen atoms in total. The molecule has 134 valence electrons. The van der Waals surface area contributed by atoms with Gasteiger partial charge in [0.15, 0.2) is 0 Å². The van der Waals surface area contributed by atoms with Crippen LogP contribution in [-0.2, 0) is 11.2 Å². The van der Waals surface area contributed by atoms with Crippen molar-refractivity contribution in [1.29, 1.82) is 0 Å². The molecule has 0 unspecified atom stereocenters. The topological polar surface area (TPSA) is 72.5 Å². The van der Waals surface area contributed by atoms with Gasteiger partial charge in [0.25, 0.3) is 5.91 Å². The average Bonchev–Trinajstić information content (AvgIpc) is 2.66. The smallest absolute Gasteiger partial charge is 0.269 e. The number of nitrogens with one attached hydrogen (secondary N) is 2. The van der Waals surface area contributed by atoms with Crippen LogP contribution in [0.25, 0.3) is 0 Å². The number of amides is 1. The molecule has 1 heterocycles. The molecule has 2 N–H and O–H groups in total. The molecule has 0 atom stereocenters. The van der Waals surface area contributed by atoms with Gasteiger partial charge >= 0.3 is 0 Å². The molecule has 2 aromatic rings. The number of rotatable bonds is 10. The van der Waals surface area contributed by atoms with Gasteiger partial charge in [-0.1, -0.05) is 12.1 Å². The highest BCUT2D eigenvalue weighted by Gasteiger charge is 2.06. The Morgan fingerprint density at radius 3 is 2.76 bits per heavy atom. The lowest BCUT2D eigenvalue weighted by atomic mass is 10.1. The maximum Gasteiger partial charge on any atom is 0.269 e. The molecule has 2 rings (SSSR count). The number of methoxy groups -OCH3 is 2. The quantitative estimate of drug-likeness (QED) is 0.649. The van der Waals surface area contributed by atoms with Gasteiger partial charge in [-0.2, -0.15) is 0 Å². The van der Waals surface area contributed by atoms with Gasteiger partial charge in [0, 0.05) is 26.8 Å². The number of hydrogen-bond acceptors (Lipinski definition) is 5. The molecule has 0 fully saturated rings. The molecular weight excluding hydrogens is 318 g/mol. The first-order chi connectivity index (χ1) is 12.2. The Balaban J connectivity index is 1.76. The summed E-state index contributed by atoms with van der Waals surface area (Å²) >= 11 is 0. The lowest BCUT2D eigenvalue weighted by Gasteiger charge is -2.08. The molecule has 0 saturated heterocycles. The molecule has 0 radical (unpaired) electrons. The molecule has 0 saturated carbocycles. The predicted octanol–water partition coefficient (Wildman–Crippen LogP) is 2.51. The Kier molecular flexibility index (Phi) is 7.72. The van der Waals surface area contributed by atoms with Crippen molar-refractivity contribution in [3.05, 3.63) is 53.9 Å². The fraction of sp³-hybridized carbons (Fsp3) is 0.368. The van der Waals surface area contributed by atoms with Gasteiger partial charge in [-0.15, -0.1) is 0 Å². The van der Waals surface area contributed by atoms with E-state index in [4.69, 9.17) is 9.47 Å². The van der Waals surface area contributed by atoms with E-state index in [1.165, 1.54) is 0 Å². The monoisotopic (exact) mass is 343 g/mol. The fourth-order valence-corrected chi connectivity index (χ4v) is 2.32. The van der Waals surface area contributed by atoms with Crippen LogP contribution < -0.4 is 15.4 Å². The van der Waals surface area contributed by atoms with E-state index >= 15 is 0 Å². The van der Waals surface area contributed by atoms with Gasteiger partial charge < -0.3 is 20.1 Å². The van der Waals surface area contributed by atoms with Gasteiger partial charge in [-0.3, -0.25) is 4.79 Å². The van der Waals surface area contributed by atoms with Crippen LogP contribution in [-0.4, -0.2) is 44.8 Å². The Hall–Kier alpha value is -2.60. The van der Waals surface area contributed by atoms with Crippen LogP contribution in [0.2, 0.25) is 0 Å². The van der Waals surface area contributed by atoms with Crippen LogP contribution in [0.5, 0.6) is 5.75 Å². The number of hydrogen-bond donors (Lipinski definition) is 2. The first-order valence-corrected chi connectivity index (χ1v) is 8.33. The number of pyridine rings is 1. The molecule has 0 aliphatic heterocycles. The third-order valence-electron chi connectivity index (χ3n) is 3.68.